The molecule has 1 rings (SSSR count). The summed E-state index contributed by atoms with van der Waals surface area (Å²) >= 11 is 3.98. The maximum Gasteiger partial charge on any atom is 0.402 e. The fourth-order valence-corrected chi connectivity index (χ4v) is 3.38. The average molecular weight is 370 g/mol. The fourth-order valence-electron chi connectivity index (χ4n) is 1.67. The second kappa shape index (κ2) is 5.61. The lowest BCUT2D eigenvalue weighted by molar-refractivity contribution is -0.292. The van der Waals surface area contributed by atoms with Crippen molar-refractivity contribution in [2.75, 3.05) is 7.05 Å². The lowest BCUT2D eigenvalue weighted by Crippen LogP contribution is -2.44. The van der Waals surface area contributed by atoms with Crippen molar-refractivity contribution in [2.24, 2.45) is 5.92 Å². The summed E-state index contributed by atoms with van der Waals surface area (Å²) in [5.74, 6) is -3.44. The van der Waals surface area contributed by atoms with Gasteiger partial charge in [-0.05, 0) is 36.0 Å². The lowest BCUT2D eigenvalue weighted by Gasteiger charge is -2.29. The zero-order valence-corrected chi connectivity index (χ0v) is 12.2. The first kappa shape index (κ1) is 16.8. The molecule has 0 saturated heterocycles. The molecule has 1 heterocycles. The molecule has 19 heavy (non-hydrogen) atoms. The Labute approximate surface area is 118 Å². The molecule has 0 spiro atoms. The first-order valence-electron chi connectivity index (χ1n) is 5.05. The van der Waals surface area contributed by atoms with Crippen LogP contribution in [-0.4, -0.2) is 19.4 Å². The van der Waals surface area contributed by atoms with Crippen molar-refractivity contribution in [3.05, 3.63) is 20.3 Å². The maximum absolute atomic E-state index is 12.7. The summed E-state index contributed by atoms with van der Waals surface area (Å²) < 4.78 is 76.6. The number of nitrogens with one attached hydrogen (secondary N) is 1. The second-order valence-corrected chi connectivity index (χ2v) is 6.02. The molecule has 0 amide bonds. The van der Waals surface area contributed by atoms with E-state index in [4.69, 9.17) is 0 Å². The minimum Gasteiger partial charge on any atom is -0.312 e. The molecule has 110 valence electrons. The van der Waals surface area contributed by atoms with Crippen LogP contribution in [-0.2, 0) is 0 Å². The maximum atomic E-state index is 12.7. The van der Waals surface area contributed by atoms with Crippen molar-refractivity contribution in [2.45, 2.75) is 25.3 Å². The monoisotopic (exact) mass is 369 g/mol. The van der Waals surface area contributed by atoms with Gasteiger partial charge >= 0.3 is 12.4 Å². The summed E-state index contributed by atoms with van der Waals surface area (Å²) in [6, 6.07) is -0.568. The molecule has 0 saturated carbocycles. The molecule has 0 bridgehead atoms. The van der Waals surface area contributed by atoms with Gasteiger partial charge in [0.2, 0.25) is 0 Å². The van der Waals surface area contributed by atoms with Crippen molar-refractivity contribution in [3.63, 3.8) is 0 Å². The summed E-state index contributed by atoms with van der Waals surface area (Å²) in [6.45, 7) is 1.61. The van der Waals surface area contributed by atoms with E-state index in [2.05, 4.69) is 21.2 Å². The molecule has 9 heteroatoms. The molecule has 0 aliphatic heterocycles. The van der Waals surface area contributed by atoms with E-state index < -0.39 is 24.3 Å². The number of aryl methyl sites for hydroxylation is 1. The van der Waals surface area contributed by atoms with Crippen LogP contribution >= 0.6 is 27.3 Å². The van der Waals surface area contributed by atoms with Crippen molar-refractivity contribution in [1.29, 1.82) is 0 Å². The molecule has 1 aromatic heterocycles. The Balaban J connectivity index is 3.25. The molecule has 0 aliphatic carbocycles. The highest BCUT2D eigenvalue weighted by atomic mass is 79.9. The Morgan fingerprint density at radius 1 is 1.16 bits per heavy atom. The standard InChI is InChI=1S/C10H10BrF6NS/c1-4-5(11)3-6(19-4)7(18-2)8(9(12,13)14)10(15,16)17/h3,7-8,18H,1-2H3. The number of halogens is 7. The van der Waals surface area contributed by atoms with Gasteiger partial charge in [-0.15, -0.1) is 11.3 Å². The van der Waals surface area contributed by atoms with E-state index in [0.717, 1.165) is 18.4 Å². The molecule has 0 aromatic carbocycles. The third-order valence-electron chi connectivity index (χ3n) is 2.53. The summed E-state index contributed by atoms with van der Waals surface area (Å²) in [6.07, 6.45) is -10.7. The fraction of sp³-hybridized carbons (Fsp3) is 0.600. The van der Waals surface area contributed by atoms with E-state index in [1.807, 2.05) is 0 Å². The normalized spacial score (nSPS) is 15.1. The van der Waals surface area contributed by atoms with Crippen LogP contribution in [0.4, 0.5) is 26.3 Å². The molecule has 1 nitrogen and oxygen atoms in total. The van der Waals surface area contributed by atoms with Gasteiger partial charge in [0.25, 0.3) is 0 Å². The predicted molar refractivity (Wildman–Crippen MR) is 64.2 cm³/mol. The largest absolute Gasteiger partial charge is 0.402 e. The van der Waals surface area contributed by atoms with Crippen LogP contribution in [0.15, 0.2) is 10.5 Å². The van der Waals surface area contributed by atoms with Gasteiger partial charge in [-0.25, -0.2) is 0 Å². The highest BCUT2D eigenvalue weighted by molar-refractivity contribution is 9.10. The van der Waals surface area contributed by atoms with Gasteiger partial charge in [-0.1, -0.05) is 0 Å². The summed E-state index contributed by atoms with van der Waals surface area (Å²) in [4.78, 5) is 0.616. The van der Waals surface area contributed by atoms with Crippen LogP contribution in [0.25, 0.3) is 0 Å². The molecule has 1 unspecified atom stereocenters. The van der Waals surface area contributed by atoms with Crippen molar-refractivity contribution in [1.82, 2.24) is 5.32 Å². The van der Waals surface area contributed by atoms with Gasteiger partial charge in [0, 0.05) is 14.2 Å². The molecule has 0 radical (unpaired) electrons. The molecule has 1 aromatic rings. The topological polar surface area (TPSA) is 12.0 Å². The minimum atomic E-state index is -5.36. The van der Waals surface area contributed by atoms with Crippen molar-refractivity contribution < 1.29 is 26.3 Å². The first-order valence-corrected chi connectivity index (χ1v) is 6.66. The van der Waals surface area contributed by atoms with Gasteiger partial charge in [0.1, 0.15) is 0 Å². The Kier molecular flexibility index (Phi) is 4.95. The van der Waals surface area contributed by atoms with Crippen molar-refractivity contribution >= 4 is 27.3 Å². The molecule has 0 fully saturated rings. The van der Waals surface area contributed by atoms with Crippen molar-refractivity contribution in [3.8, 4) is 0 Å². The van der Waals surface area contributed by atoms with E-state index in [1.165, 1.54) is 6.07 Å². The zero-order valence-electron chi connectivity index (χ0n) is 9.79. The third kappa shape index (κ3) is 3.85. The van der Waals surface area contributed by atoms with Gasteiger partial charge in [-0.2, -0.15) is 26.3 Å². The SMILES string of the molecule is CNC(c1cc(Br)c(C)s1)C(C(F)(F)F)C(F)(F)F. The van der Waals surface area contributed by atoms with Crippen LogP contribution < -0.4 is 5.32 Å². The Morgan fingerprint density at radius 2 is 1.63 bits per heavy atom. The van der Waals surface area contributed by atoms with E-state index in [-0.39, 0.29) is 4.88 Å². The van der Waals surface area contributed by atoms with Gasteiger partial charge in [-0.3, -0.25) is 0 Å². The quantitative estimate of drug-likeness (QED) is 0.753. The van der Waals surface area contributed by atoms with Crippen LogP contribution in [0.2, 0.25) is 0 Å². The Bertz CT molecular complexity index is 405. The number of alkyl halides is 6. The minimum absolute atomic E-state index is 0.00785. The predicted octanol–water partition coefficient (Wildman–Crippen LogP) is 4.82. The summed E-state index contributed by atoms with van der Waals surface area (Å²) in [7, 11) is 1.08. The second-order valence-electron chi connectivity index (χ2n) is 3.88. The molecule has 1 atom stereocenters. The molecular formula is C10H10BrF6NS. The van der Waals surface area contributed by atoms with Gasteiger partial charge < -0.3 is 5.32 Å². The molecular weight excluding hydrogens is 360 g/mol. The van der Waals surface area contributed by atoms with E-state index >= 15 is 0 Å². The highest BCUT2D eigenvalue weighted by Crippen LogP contribution is 2.48. The summed E-state index contributed by atoms with van der Waals surface area (Å²) in [5, 5.41) is 2.12. The van der Waals surface area contributed by atoms with Crippen LogP contribution in [0, 0.1) is 12.8 Å². The number of thiophene rings is 1. The first-order chi connectivity index (χ1) is 8.48. The van der Waals surface area contributed by atoms with E-state index in [1.54, 1.807) is 6.92 Å². The number of rotatable bonds is 3. The number of hydrogen-bond acceptors (Lipinski definition) is 2. The number of hydrogen-bond donors (Lipinski definition) is 1. The highest BCUT2D eigenvalue weighted by Gasteiger charge is 2.60. The Hall–Kier alpha value is -0.280. The van der Waals surface area contributed by atoms with E-state index in [0.29, 0.717) is 9.35 Å². The zero-order chi connectivity index (χ0) is 15.0. The van der Waals surface area contributed by atoms with Crippen LogP contribution in [0.1, 0.15) is 15.8 Å². The molecule has 1 N–H and O–H groups in total. The van der Waals surface area contributed by atoms with E-state index in [9.17, 15) is 26.3 Å². The smallest absolute Gasteiger partial charge is 0.312 e. The average Bonchev–Trinajstić information content (AvgIpc) is 2.51. The lowest BCUT2D eigenvalue weighted by atomic mass is 9.97. The third-order valence-corrected chi connectivity index (χ3v) is 4.75. The van der Waals surface area contributed by atoms with Gasteiger partial charge in [0.15, 0.2) is 5.92 Å². The Morgan fingerprint density at radius 3 is 1.89 bits per heavy atom. The summed E-state index contributed by atoms with van der Waals surface area (Å²) in [5.41, 5.74) is 0. The van der Waals surface area contributed by atoms with Crippen LogP contribution in [0.5, 0.6) is 0 Å². The molecule has 0 aliphatic rings. The van der Waals surface area contributed by atoms with Gasteiger partial charge in [0.05, 0.1) is 6.04 Å². The van der Waals surface area contributed by atoms with Crippen LogP contribution in [0.3, 0.4) is 0 Å².